The molecule has 0 saturated carbocycles. The van der Waals surface area contributed by atoms with Crippen LogP contribution in [0.3, 0.4) is 0 Å². The summed E-state index contributed by atoms with van der Waals surface area (Å²) >= 11 is 0. The molecule has 35 heavy (non-hydrogen) atoms. The number of ether oxygens (including phenoxy) is 1. The summed E-state index contributed by atoms with van der Waals surface area (Å²) in [5.41, 5.74) is 5.66. The summed E-state index contributed by atoms with van der Waals surface area (Å²) < 4.78 is 6.13. The van der Waals surface area contributed by atoms with Crippen LogP contribution in [0, 0.1) is 5.41 Å². The van der Waals surface area contributed by atoms with Gasteiger partial charge >= 0.3 is 0 Å². The molecule has 182 valence electrons. The molecule has 3 heterocycles. The van der Waals surface area contributed by atoms with Gasteiger partial charge in [-0.15, -0.1) is 0 Å². The average molecular weight is 469 g/mol. The van der Waals surface area contributed by atoms with Gasteiger partial charge in [-0.25, -0.2) is 0 Å². The van der Waals surface area contributed by atoms with Crippen LogP contribution in [0.15, 0.2) is 72.8 Å². The molecule has 2 fully saturated rings. The zero-order valence-corrected chi connectivity index (χ0v) is 20.7. The van der Waals surface area contributed by atoms with E-state index in [4.69, 9.17) is 4.74 Å². The molecular weight excluding hydrogens is 432 g/mol. The van der Waals surface area contributed by atoms with Crippen LogP contribution in [0.2, 0.25) is 0 Å². The van der Waals surface area contributed by atoms with Crippen LogP contribution in [0.5, 0.6) is 11.5 Å². The van der Waals surface area contributed by atoms with Crippen LogP contribution in [0.25, 0.3) is 0 Å². The van der Waals surface area contributed by atoms with Crippen LogP contribution in [0.4, 0.5) is 5.69 Å². The van der Waals surface area contributed by atoms with E-state index in [9.17, 15) is 5.11 Å². The highest BCUT2D eigenvalue weighted by Gasteiger charge is 2.37. The maximum absolute atomic E-state index is 10.0. The number of aromatic hydroxyl groups is 1. The highest BCUT2D eigenvalue weighted by molar-refractivity contribution is 5.54. The number of fused-ring (bicyclic) bond motifs is 1. The minimum Gasteiger partial charge on any atom is -0.508 e. The van der Waals surface area contributed by atoms with Crippen molar-refractivity contribution in [3.8, 4) is 11.5 Å². The largest absolute Gasteiger partial charge is 0.508 e. The van der Waals surface area contributed by atoms with Crippen LogP contribution < -0.4 is 9.64 Å². The second kappa shape index (κ2) is 9.23. The Morgan fingerprint density at radius 3 is 2.20 bits per heavy atom. The van der Waals surface area contributed by atoms with E-state index in [1.807, 2.05) is 6.07 Å². The van der Waals surface area contributed by atoms with E-state index >= 15 is 0 Å². The van der Waals surface area contributed by atoms with Gasteiger partial charge in [0, 0.05) is 42.2 Å². The second-order valence-corrected chi connectivity index (χ2v) is 10.9. The summed E-state index contributed by atoms with van der Waals surface area (Å²) in [5.74, 6) is 1.48. The fourth-order valence-electron chi connectivity index (χ4n) is 6.52. The highest BCUT2D eigenvalue weighted by atomic mass is 16.5. The molecule has 4 heteroatoms. The third-order valence-electron chi connectivity index (χ3n) is 8.87. The van der Waals surface area contributed by atoms with Gasteiger partial charge in [-0.1, -0.05) is 48.5 Å². The Hall–Kier alpha value is -2.98. The van der Waals surface area contributed by atoms with Gasteiger partial charge in [0.15, 0.2) is 0 Å². The molecule has 2 saturated heterocycles. The smallest absolute Gasteiger partial charge is 0.126 e. The van der Waals surface area contributed by atoms with Gasteiger partial charge in [-0.3, -0.25) is 0 Å². The number of hydrogen-bond donors (Lipinski definition) is 1. The van der Waals surface area contributed by atoms with E-state index in [1.54, 1.807) is 12.1 Å². The number of benzene rings is 3. The van der Waals surface area contributed by atoms with Crippen LogP contribution in [0.1, 0.15) is 54.2 Å². The molecule has 2 unspecified atom stereocenters. The molecule has 3 aromatic carbocycles. The lowest BCUT2D eigenvalue weighted by Gasteiger charge is -2.47. The number of anilines is 1. The van der Waals surface area contributed by atoms with E-state index < -0.39 is 0 Å². The van der Waals surface area contributed by atoms with Crippen molar-refractivity contribution in [2.75, 3.05) is 44.7 Å². The number of hydrogen-bond acceptors (Lipinski definition) is 4. The zero-order chi connectivity index (χ0) is 23.8. The maximum atomic E-state index is 10.0. The van der Waals surface area contributed by atoms with Crippen molar-refractivity contribution in [2.45, 2.75) is 37.5 Å². The van der Waals surface area contributed by atoms with Crippen molar-refractivity contribution in [1.29, 1.82) is 0 Å². The molecule has 6 rings (SSSR count). The lowest BCUT2D eigenvalue weighted by molar-refractivity contribution is 0.0945. The lowest BCUT2D eigenvalue weighted by Crippen LogP contribution is -2.46. The first kappa shape index (κ1) is 22.5. The van der Waals surface area contributed by atoms with Crippen molar-refractivity contribution in [3.63, 3.8) is 0 Å². The molecule has 3 aliphatic heterocycles. The summed E-state index contributed by atoms with van der Waals surface area (Å²) in [6.45, 7) is 5.43. The number of rotatable bonds is 3. The second-order valence-electron chi connectivity index (χ2n) is 10.9. The van der Waals surface area contributed by atoms with Gasteiger partial charge in [0.05, 0.1) is 6.61 Å². The van der Waals surface area contributed by atoms with Crippen LogP contribution in [-0.2, 0) is 0 Å². The number of likely N-dealkylation sites (tertiary alicyclic amines) is 1. The third-order valence-corrected chi connectivity index (χ3v) is 8.87. The van der Waals surface area contributed by atoms with Gasteiger partial charge in [-0.05, 0) is 80.6 Å². The third kappa shape index (κ3) is 4.40. The van der Waals surface area contributed by atoms with Crippen LogP contribution >= 0.6 is 0 Å². The highest BCUT2D eigenvalue weighted by Crippen LogP contribution is 2.47. The Morgan fingerprint density at radius 2 is 1.49 bits per heavy atom. The van der Waals surface area contributed by atoms with E-state index in [-0.39, 0.29) is 17.6 Å². The molecule has 0 radical (unpaired) electrons. The maximum Gasteiger partial charge on any atom is 0.126 e. The normalized spacial score (nSPS) is 24.1. The molecular formula is C31H36N2O2. The standard InChI is InChI=1S/C31H36N2O2/c1-32-17-13-31(14-18-32)15-19-33(20-16-31)25-9-7-24(8-10-25)30-27-12-11-26(34)21-29(27)35-22-28(30)23-5-3-2-4-6-23/h2-12,21,28,30,34H,13-20,22H2,1H3. The Kier molecular flexibility index (Phi) is 5.93. The molecule has 3 aromatic rings. The first-order chi connectivity index (χ1) is 17.1. The molecule has 1 spiro atoms. The summed E-state index contributed by atoms with van der Waals surface area (Å²) in [5, 5.41) is 10.0. The average Bonchev–Trinajstić information content (AvgIpc) is 2.91. The molecule has 1 N–H and O–H groups in total. The SMILES string of the molecule is CN1CCC2(CC1)CCN(c1ccc(C3c4ccc(O)cc4OCC3c3ccccc3)cc1)CC2. The van der Waals surface area contributed by atoms with Crippen molar-refractivity contribution in [2.24, 2.45) is 5.41 Å². The number of phenols is 1. The zero-order valence-electron chi connectivity index (χ0n) is 20.7. The molecule has 3 aliphatic rings. The van der Waals surface area contributed by atoms with Gasteiger partial charge in [0.2, 0.25) is 0 Å². The summed E-state index contributed by atoms with van der Waals surface area (Å²) in [4.78, 5) is 5.06. The molecule has 0 aromatic heterocycles. The van der Waals surface area contributed by atoms with Gasteiger partial charge in [0.1, 0.15) is 11.5 Å². The Balaban J connectivity index is 1.24. The Bertz CT molecular complexity index is 1140. The quantitative estimate of drug-likeness (QED) is 0.510. The number of piperidine rings is 2. The van der Waals surface area contributed by atoms with Gasteiger partial charge < -0.3 is 19.6 Å². The van der Waals surface area contributed by atoms with E-state index in [0.717, 1.165) is 24.4 Å². The lowest BCUT2D eigenvalue weighted by atomic mass is 9.71. The monoisotopic (exact) mass is 468 g/mol. The van der Waals surface area contributed by atoms with Crippen LogP contribution in [-0.4, -0.2) is 49.8 Å². The van der Waals surface area contributed by atoms with Crippen molar-refractivity contribution in [1.82, 2.24) is 4.90 Å². The van der Waals surface area contributed by atoms with E-state index in [2.05, 4.69) is 71.4 Å². The fourth-order valence-corrected chi connectivity index (χ4v) is 6.52. The summed E-state index contributed by atoms with van der Waals surface area (Å²) in [7, 11) is 2.26. The molecule has 2 atom stereocenters. The topological polar surface area (TPSA) is 35.9 Å². The molecule has 0 aliphatic carbocycles. The Morgan fingerprint density at radius 1 is 0.800 bits per heavy atom. The van der Waals surface area contributed by atoms with Crippen molar-refractivity contribution >= 4 is 5.69 Å². The first-order valence-corrected chi connectivity index (χ1v) is 13.1. The molecule has 0 bridgehead atoms. The van der Waals surface area contributed by atoms with Crippen molar-refractivity contribution < 1.29 is 9.84 Å². The predicted molar refractivity (Wildman–Crippen MR) is 142 cm³/mol. The minimum atomic E-state index is 0.194. The van der Waals surface area contributed by atoms with Gasteiger partial charge in [-0.2, -0.15) is 0 Å². The summed E-state index contributed by atoms with van der Waals surface area (Å²) in [6, 6.07) is 25.5. The minimum absolute atomic E-state index is 0.194. The first-order valence-electron chi connectivity index (χ1n) is 13.1. The summed E-state index contributed by atoms with van der Waals surface area (Å²) in [6.07, 6.45) is 5.34. The predicted octanol–water partition coefficient (Wildman–Crippen LogP) is 6.01. The number of nitrogens with zero attached hydrogens (tertiary/aromatic N) is 2. The molecule has 0 amide bonds. The van der Waals surface area contributed by atoms with E-state index in [0.29, 0.717) is 12.0 Å². The molecule has 4 nitrogen and oxygen atoms in total. The van der Waals surface area contributed by atoms with E-state index in [1.165, 1.54) is 55.6 Å². The fraction of sp³-hybridized carbons (Fsp3) is 0.419. The van der Waals surface area contributed by atoms with Crippen molar-refractivity contribution in [3.05, 3.63) is 89.5 Å². The Labute approximate surface area is 209 Å². The number of phenolic OH excluding ortho intramolecular Hbond substituents is 1. The van der Waals surface area contributed by atoms with Gasteiger partial charge in [0.25, 0.3) is 0 Å².